The van der Waals surface area contributed by atoms with Crippen molar-refractivity contribution in [2.24, 2.45) is 5.92 Å². The maximum absolute atomic E-state index is 12.5. The van der Waals surface area contributed by atoms with E-state index in [2.05, 4.69) is 9.72 Å². The third kappa shape index (κ3) is 5.94. The molecule has 30 heavy (non-hydrogen) atoms. The lowest BCUT2D eigenvalue weighted by Gasteiger charge is -2.30. The lowest BCUT2D eigenvalue weighted by atomic mass is 9.97. The summed E-state index contributed by atoms with van der Waals surface area (Å²) < 4.78 is 45.6. The minimum Gasteiger partial charge on any atom is -0.466 e. The zero-order valence-corrected chi connectivity index (χ0v) is 17.1. The van der Waals surface area contributed by atoms with Crippen LogP contribution in [0.5, 0.6) is 5.75 Å². The number of aromatic nitrogens is 1. The zero-order valence-electron chi connectivity index (χ0n) is 16.3. The largest absolute Gasteiger partial charge is 0.573 e. The number of rotatable bonds is 6. The number of thiazole rings is 1. The number of alkyl halides is 3. The van der Waals surface area contributed by atoms with Gasteiger partial charge in [0.15, 0.2) is 0 Å². The first-order valence-corrected chi connectivity index (χ1v) is 10.4. The normalized spacial score (nSPS) is 15.1. The van der Waals surface area contributed by atoms with Gasteiger partial charge in [0.05, 0.1) is 24.6 Å². The van der Waals surface area contributed by atoms with Crippen LogP contribution in [0.2, 0.25) is 0 Å². The molecular formula is C20H21F3N2O4S. The molecule has 3 rings (SSSR count). The summed E-state index contributed by atoms with van der Waals surface area (Å²) in [5.41, 5.74) is 1.24. The molecule has 1 fully saturated rings. The minimum atomic E-state index is -4.74. The highest BCUT2D eigenvalue weighted by molar-refractivity contribution is 7.13. The monoisotopic (exact) mass is 442 g/mol. The van der Waals surface area contributed by atoms with Gasteiger partial charge < -0.3 is 14.4 Å². The van der Waals surface area contributed by atoms with Crippen LogP contribution < -0.4 is 4.74 Å². The first-order chi connectivity index (χ1) is 14.2. The number of carbonyl (C=O) groups is 2. The van der Waals surface area contributed by atoms with Crippen LogP contribution in [0, 0.1) is 5.92 Å². The fourth-order valence-corrected chi connectivity index (χ4v) is 4.04. The SMILES string of the molecule is CCOC(=O)C1CCN(C(=O)Cc2csc(-c3ccc(OC(F)(F)F)cc3)n2)CC1. The predicted molar refractivity (Wildman–Crippen MR) is 104 cm³/mol. The summed E-state index contributed by atoms with van der Waals surface area (Å²) in [5, 5.41) is 2.37. The molecule has 1 aromatic carbocycles. The average Bonchev–Trinajstić information content (AvgIpc) is 3.16. The highest BCUT2D eigenvalue weighted by Crippen LogP contribution is 2.28. The van der Waals surface area contributed by atoms with Crippen LogP contribution in [0.3, 0.4) is 0 Å². The molecule has 1 aliphatic rings. The Bertz CT molecular complexity index is 875. The smallest absolute Gasteiger partial charge is 0.466 e. The van der Waals surface area contributed by atoms with Gasteiger partial charge in [-0.2, -0.15) is 0 Å². The Hall–Kier alpha value is -2.62. The van der Waals surface area contributed by atoms with Crippen LogP contribution in [-0.2, 0) is 20.7 Å². The maximum atomic E-state index is 12.5. The van der Waals surface area contributed by atoms with Gasteiger partial charge in [0.25, 0.3) is 0 Å². The second kappa shape index (κ2) is 9.46. The summed E-state index contributed by atoms with van der Waals surface area (Å²) in [7, 11) is 0. The summed E-state index contributed by atoms with van der Waals surface area (Å²) in [6.07, 6.45) is -3.44. The molecule has 0 bridgehead atoms. The van der Waals surface area contributed by atoms with Gasteiger partial charge in [-0.1, -0.05) is 0 Å². The number of likely N-dealkylation sites (tertiary alicyclic amines) is 1. The molecule has 0 spiro atoms. The standard InChI is InChI=1S/C20H21F3N2O4S/c1-2-28-19(27)14-7-9-25(10-8-14)17(26)11-15-12-30-18(24-15)13-3-5-16(6-4-13)29-20(21,22)23/h3-6,12,14H,2,7-11H2,1H3. The zero-order chi connectivity index (χ0) is 21.7. The van der Waals surface area contributed by atoms with E-state index in [1.165, 1.54) is 35.6 Å². The number of hydrogen-bond acceptors (Lipinski definition) is 6. The van der Waals surface area contributed by atoms with E-state index in [9.17, 15) is 22.8 Å². The lowest BCUT2D eigenvalue weighted by Crippen LogP contribution is -2.41. The summed E-state index contributed by atoms with van der Waals surface area (Å²) in [4.78, 5) is 30.5. The Kier molecular flexibility index (Phi) is 6.96. The number of amides is 1. The van der Waals surface area contributed by atoms with Gasteiger partial charge in [0.1, 0.15) is 10.8 Å². The Morgan fingerprint density at radius 1 is 1.20 bits per heavy atom. The quantitative estimate of drug-likeness (QED) is 0.632. The molecule has 10 heteroatoms. The van der Waals surface area contributed by atoms with E-state index in [1.807, 2.05) is 0 Å². The summed E-state index contributed by atoms with van der Waals surface area (Å²) in [6, 6.07) is 5.43. The van der Waals surface area contributed by atoms with Crippen molar-refractivity contribution in [2.45, 2.75) is 32.5 Å². The van der Waals surface area contributed by atoms with Crippen molar-refractivity contribution in [3.8, 4) is 16.3 Å². The Labute approximate surface area is 175 Å². The first-order valence-electron chi connectivity index (χ1n) is 9.50. The Morgan fingerprint density at radius 3 is 2.47 bits per heavy atom. The van der Waals surface area contributed by atoms with Gasteiger partial charge in [-0.05, 0) is 44.0 Å². The van der Waals surface area contributed by atoms with Crippen molar-refractivity contribution in [3.05, 3.63) is 35.3 Å². The number of benzene rings is 1. The summed E-state index contributed by atoms with van der Waals surface area (Å²) in [5.74, 6) is -0.739. The summed E-state index contributed by atoms with van der Waals surface area (Å²) in [6.45, 7) is 3.12. The van der Waals surface area contributed by atoms with Gasteiger partial charge >= 0.3 is 12.3 Å². The van der Waals surface area contributed by atoms with E-state index in [1.54, 1.807) is 17.2 Å². The third-order valence-corrected chi connectivity index (χ3v) is 5.63. The van der Waals surface area contributed by atoms with E-state index in [0.717, 1.165) is 0 Å². The molecule has 2 aromatic rings. The van der Waals surface area contributed by atoms with Crippen molar-refractivity contribution in [3.63, 3.8) is 0 Å². The van der Waals surface area contributed by atoms with Crippen LogP contribution in [-0.4, -0.2) is 47.8 Å². The van der Waals surface area contributed by atoms with Crippen LogP contribution >= 0.6 is 11.3 Å². The molecule has 1 aliphatic heterocycles. The van der Waals surface area contributed by atoms with Gasteiger partial charge in [-0.15, -0.1) is 24.5 Å². The molecular weight excluding hydrogens is 421 g/mol. The Balaban J connectivity index is 1.54. The minimum absolute atomic E-state index is 0.0666. The maximum Gasteiger partial charge on any atom is 0.573 e. The molecule has 1 saturated heterocycles. The molecule has 0 saturated carbocycles. The number of nitrogens with zero attached hydrogens (tertiary/aromatic N) is 2. The van der Waals surface area contributed by atoms with Crippen LogP contribution in [0.4, 0.5) is 13.2 Å². The van der Waals surface area contributed by atoms with E-state index in [4.69, 9.17) is 4.74 Å². The van der Waals surface area contributed by atoms with Crippen LogP contribution in [0.25, 0.3) is 10.6 Å². The molecule has 1 aromatic heterocycles. The molecule has 0 unspecified atom stereocenters. The molecule has 0 N–H and O–H groups in total. The second-order valence-electron chi connectivity index (χ2n) is 6.80. The summed E-state index contributed by atoms with van der Waals surface area (Å²) >= 11 is 1.31. The van der Waals surface area contributed by atoms with E-state index in [0.29, 0.717) is 48.8 Å². The van der Waals surface area contributed by atoms with E-state index >= 15 is 0 Å². The third-order valence-electron chi connectivity index (χ3n) is 4.69. The lowest BCUT2D eigenvalue weighted by molar-refractivity contribution is -0.274. The topological polar surface area (TPSA) is 68.7 Å². The number of halogens is 3. The molecule has 0 atom stereocenters. The van der Waals surface area contributed by atoms with Crippen LogP contribution in [0.15, 0.2) is 29.6 Å². The first kappa shape index (κ1) is 22.1. The van der Waals surface area contributed by atoms with Crippen LogP contribution in [0.1, 0.15) is 25.5 Å². The Morgan fingerprint density at radius 2 is 1.87 bits per heavy atom. The van der Waals surface area contributed by atoms with Crippen molar-refractivity contribution in [1.82, 2.24) is 9.88 Å². The molecule has 0 radical (unpaired) electrons. The number of carbonyl (C=O) groups excluding carboxylic acids is 2. The fourth-order valence-electron chi connectivity index (χ4n) is 3.21. The van der Waals surface area contributed by atoms with E-state index in [-0.39, 0.29) is 30.0 Å². The second-order valence-corrected chi connectivity index (χ2v) is 7.66. The number of piperidine rings is 1. The predicted octanol–water partition coefficient (Wildman–Crippen LogP) is 4.05. The van der Waals surface area contributed by atoms with E-state index < -0.39 is 6.36 Å². The molecule has 1 amide bonds. The number of hydrogen-bond donors (Lipinski definition) is 0. The van der Waals surface area contributed by atoms with Crippen molar-refractivity contribution < 1.29 is 32.2 Å². The fraction of sp³-hybridized carbons (Fsp3) is 0.450. The highest BCUT2D eigenvalue weighted by Gasteiger charge is 2.31. The van der Waals surface area contributed by atoms with Gasteiger partial charge in [-0.3, -0.25) is 9.59 Å². The van der Waals surface area contributed by atoms with Crippen molar-refractivity contribution in [1.29, 1.82) is 0 Å². The number of ether oxygens (including phenoxy) is 2. The van der Waals surface area contributed by atoms with Crippen molar-refractivity contribution in [2.75, 3.05) is 19.7 Å². The van der Waals surface area contributed by atoms with Gasteiger partial charge in [0.2, 0.25) is 5.91 Å². The molecule has 162 valence electrons. The molecule has 2 heterocycles. The number of esters is 1. The molecule has 6 nitrogen and oxygen atoms in total. The van der Waals surface area contributed by atoms with Gasteiger partial charge in [-0.25, -0.2) is 4.98 Å². The van der Waals surface area contributed by atoms with Gasteiger partial charge in [0, 0.05) is 24.0 Å². The average molecular weight is 442 g/mol. The van der Waals surface area contributed by atoms with Crippen molar-refractivity contribution >= 4 is 23.2 Å². The highest BCUT2D eigenvalue weighted by atomic mass is 32.1. The molecule has 0 aliphatic carbocycles.